The smallest absolute Gasteiger partial charge is 0.160 e. The normalized spacial score (nSPS) is 14.5. The zero-order chi connectivity index (χ0) is 33.7. The number of hydrogen-bond donors (Lipinski definition) is 1. The SMILES string of the molecule is c1ccc(C2=NC(c3cc(-c4ccc(-c5cccc6ccccc56)cc4)cc4oc5ccccc5c34)=NC(c3ccc4ccccc4c3)N2)cc1. The average molecular weight is 654 g/mol. The molecule has 8 aromatic carbocycles. The summed E-state index contributed by atoms with van der Waals surface area (Å²) in [6.07, 6.45) is -0.339. The molecule has 240 valence electrons. The maximum absolute atomic E-state index is 6.54. The average Bonchev–Trinajstić information content (AvgIpc) is 3.59. The highest BCUT2D eigenvalue weighted by atomic mass is 16.3. The van der Waals surface area contributed by atoms with E-state index in [2.05, 4.69) is 151 Å². The summed E-state index contributed by atoms with van der Waals surface area (Å²) in [6, 6.07) is 61.7. The minimum atomic E-state index is -0.339. The molecule has 51 heavy (non-hydrogen) atoms. The highest BCUT2D eigenvalue weighted by molar-refractivity contribution is 6.22. The lowest BCUT2D eigenvalue weighted by molar-refractivity contribution is 0.668. The minimum absolute atomic E-state index is 0.339. The first-order valence-electron chi connectivity index (χ1n) is 17.3. The van der Waals surface area contributed by atoms with Crippen molar-refractivity contribution in [2.45, 2.75) is 6.17 Å². The topological polar surface area (TPSA) is 49.9 Å². The number of nitrogens with zero attached hydrogens (tertiary/aromatic N) is 2. The number of amidine groups is 2. The Balaban J connectivity index is 1.15. The molecule has 0 spiro atoms. The van der Waals surface area contributed by atoms with E-state index >= 15 is 0 Å². The summed E-state index contributed by atoms with van der Waals surface area (Å²) in [5.74, 6) is 1.45. The Kier molecular flexibility index (Phi) is 6.85. The number of hydrogen-bond acceptors (Lipinski definition) is 4. The van der Waals surface area contributed by atoms with Crippen LogP contribution in [0.4, 0.5) is 0 Å². The van der Waals surface area contributed by atoms with Gasteiger partial charge in [0, 0.05) is 21.9 Å². The molecule has 0 bridgehead atoms. The minimum Gasteiger partial charge on any atom is -0.456 e. The molecule has 1 atom stereocenters. The summed E-state index contributed by atoms with van der Waals surface area (Å²) in [5.41, 5.74) is 9.19. The number of para-hydroxylation sites is 1. The predicted molar refractivity (Wildman–Crippen MR) is 211 cm³/mol. The van der Waals surface area contributed by atoms with Crippen molar-refractivity contribution in [2.24, 2.45) is 9.98 Å². The van der Waals surface area contributed by atoms with Crippen LogP contribution in [0.1, 0.15) is 22.9 Å². The first-order chi connectivity index (χ1) is 25.2. The second-order valence-corrected chi connectivity index (χ2v) is 13.0. The van der Waals surface area contributed by atoms with Crippen LogP contribution in [-0.4, -0.2) is 11.7 Å². The summed E-state index contributed by atoms with van der Waals surface area (Å²) in [5, 5.41) is 10.6. The molecule has 1 N–H and O–H groups in total. The van der Waals surface area contributed by atoms with Crippen molar-refractivity contribution in [3.05, 3.63) is 193 Å². The molecule has 1 aromatic heterocycles. The number of benzene rings is 8. The second-order valence-electron chi connectivity index (χ2n) is 13.0. The Morgan fingerprint density at radius 2 is 1.16 bits per heavy atom. The molecule has 0 amide bonds. The van der Waals surface area contributed by atoms with E-state index in [0.717, 1.165) is 55.6 Å². The lowest BCUT2D eigenvalue weighted by Crippen LogP contribution is -2.33. The van der Waals surface area contributed by atoms with Crippen LogP contribution in [0.3, 0.4) is 0 Å². The van der Waals surface area contributed by atoms with E-state index in [0.29, 0.717) is 5.84 Å². The van der Waals surface area contributed by atoms with Crippen LogP contribution in [0.5, 0.6) is 0 Å². The van der Waals surface area contributed by atoms with Gasteiger partial charge in [-0.2, -0.15) is 0 Å². The molecule has 0 aliphatic carbocycles. The van der Waals surface area contributed by atoms with E-state index in [1.165, 1.54) is 32.7 Å². The summed E-state index contributed by atoms with van der Waals surface area (Å²) < 4.78 is 6.54. The fraction of sp³-hybridized carbons (Fsp3) is 0.0213. The zero-order valence-corrected chi connectivity index (χ0v) is 27.6. The van der Waals surface area contributed by atoms with E-state index in [1.807, 2.05) is 30.3 Å². The van der Waals surface area contributed by atoms with Crippen molar-refractivity contribution < 1.29 is 4.42 Å². The third-order valence-corrected chi connectivity index (χ3v) is 9.92. The second kappa shape index (κ2) is 12.0. The molecule has 1 aliphatic rings. The van der Waals surface area contributed by atoms with Crippen LogP contribution in [0.15, 0.2) is 190 Å². The maximum atomic E-state index is 6.54. The van der Waals surface area contributed by atoms with Gasteiger partial charge in [0.15, 0.2) is 5.84 Å². The van der Waals surface area contributed by atoms with E-state index in [4.69, 9.17) is 14.4 Å². The number of nitrogens with one attached hydrogen (secondary N) is 1. The van der Waals surface area contributed by atoms with Crippen molar-refractivity contribution in [3.8, 4) is 22.3 Å². The Morgan fingerprint density at radius 1 is 0.451 bits per heavy atom. The molecule has 10 rings (SSSR count). The number of fused-ring (bicyclic) bond motifs is 5. The molecule has 0 saturated carbocycles. The predicted octanol–water partition coefficient (Wildman–Crippen LogP) is 11.7. The molecule has 1 aliphatic heterocycles. The fourth-order valence-corrected chi connectivity index (χ4v) is 7.38. The highest BCUT2D eigenvalue weighted by Gasteiger charge is 2.24. The summed E-state index contributed by atoms with van der Waals surface area (Å²) >= 11 is 0. The van der Waals surface area contributed by atoms with Gasteiger partial charge < -0.3 is 9.73 Å². The van der Waals surface area contributed by atoms with Gasteiger partial charge in [0.2, 0.25) is 0 Å². The molecule has 2 heterocycles. The zero-order valence-electron chi connectivity index (χ0n) is 27.6. The van der Waals surface area contributed by atoms with Gasteiger partial charge in [-0.05, 0) is 73.6 Å². The Bertz CT molecular complexity index is 2820. The van der Waals surface area contributed by atoms with Gasteiger partial charge in [0.25, 0.3) is 0 Å². The van der Waals surface area contributed by atoms with Crippen molar-refractivity contribution in [1.29, 1.82) is 0 Å². The standard InChI is InChI=1S/C47H31N3O/c1-2-13-34(14-3-1)45-48-46(36-26-23-30-11-4-5-15-35(30)27-36)50-47(49-45)41-28-37(29-43-44(41)40-18-8-9-20-42(40)51-43)31-21-24-33(25-22-31)39-19-10-16-32-12-6-7-17-38(32)39/h1-29,46H,(H,48,49,50). The fourth-order valence-electron chi connectivity index (χ4n) is 7.38. The molecule has 4 heteroatoms. The molecule has 9 aromatic rings. The molecule has 1 unspecified atom stereocenters. The van der Waals surface area contributed by atoms with Gasteiger partial charge in [-0.25, -0.2) is 9.98 Å². The summed E-state index contributed by atoms with van der Waals surface area (Å²) in [7, 11) is 0. The Morgan fingerprint density at radius 3 is 2.02 bits per heavy atom. The van der Waals surface area contributed by atoms with Crippen LogP contribution in [-0.2, 0) is 0 Å². The van der Waals surface area contributed by atoms with Crippen LogP contribution in [0.2, 0.25) is 0 Å². The quantitative estimate of drug-likeness (QED) is 0.201. The molecule has 0 fully saturated rings. The first kappa shape index (κ1) is 29.2. The van der Waals surface area contributed by atoms with Gasteiger partial charge in [-0.15, -0.1) is 0 Å². The molecular formula is C47H31N3O. The van der Waals surface area contributed by atoms with Crippen LogP contribution < -0.4 is 5.32 Å². The maximum Gasteiger partial charge on any atom is 0.160 e. The lowest BCUT2D eigenvalue weighted by Gasteiger charge is -2.24. The number of aliphatic imine (C=N–C) groups is 2. The van der Waals surface area contributed by atoms with E-state index in [9.17, 15) is 0 Å². The Labute approximate surface area is 295 Å². The number of rotatable bonds is 5. The van der Waals surface area contributed by atoms with Crippen molar-refractivity contribution in [1.82, 2.24) is 5.32 Å². The summed E-state index contributed by atoms with van der Waals surface area (Å²) in [4.78, 5) is 10.6. The molecule has 0 saturated heterocycles. The van der Waals surface area contributed by atoms with Gasteiger partial charge in [0.05, 0.1) is 0 Å². The first-order valence-corrected chi connectivity index (χ1v) is 17.3. The largest absolute Gasteiger partial charge is 0.456 e. The third kappa shape index (κ3) is 5.17. The molecule has 0 radical (unpaired) electrons. The monoisotopic (exact) mass is 653 g/mol. The van der Waals surface area contributed by atoms with Crippen molar-refractivity contribution in [2.75, 3.05) is 0 Å². The van der Waals surface area contributed by atoms with Gasteiger partial charge in [0.1, 0.15) is 23.2 Å². The van der Waals surface area contributed by atoms with Gasteiger partial charge in [-0.1, -0.05) is 152 Å². The van der Waals surface area contributed by atoms with E-state index < -0.39 is 0 Å². The van der Waals surface area contributed by atoms with Crippen molar-refractivity contribution in [3.63, 3.8) is 0 Å². The molecule has 4 nitrogen and oxygen atoms in total. The van der Waals surface area contributed by atoms with Gasteiger partial charge >= 0.3 is 0 Å². The number of furan rings is 1. The summed E-state index contributed by atoms with van der Waals surface area (Å²) in [6.45, 7) is 0. The Hall–Kier alpha value is -6.78. The van der Waals surface area contributed by atoms with E-state index in [1.54, 1.807) is 0 Å². The van der Waals surface area contributed by atoms with Gasteiger partial charge in [-0.3, -0.25) is 0 Å². The van der Waals surface area contributed by atoms with Crippen molar-refractivity contribution >= 4 is 55.2 Å². The molecular weight excluding hydrogens is 623 g/mol. The third-order valence-electron chi connectivity index (χ3n) is 9.92. The van der Waals surface area contributed by atoms with E-state index in [-0.39, 0.29) is 6.17 Å². The lowest BCUT2D eigenvalue weighted by atomic mass is 9.94. The highest BCUT2D eigenvalue weighted by Crippen LogP contribution is 2.38. The van der Waals surface area contributed by atoms with Crippen LogP contribution in [0, 0.1) is 0 Å². The van der Waals surface area contributed by atoms with Crippen LogP contribution in [0.25, 0.3) is 65.7 Å². The van der Waals surface area contributed by atoms with Crippen LogP contribution >= 0.6 is 0 Å².